The highest BCUT2D eigenvalue weighted by Crippen LogP contribution is 2.51. The van der Waals surface area contributed by atoms with Crippen molar-refractivity contribution in [3.63, 3.8) is 0 Å². The van der Waals surface area contributed by atoms with Crippen molar-refractivity contribution in [3.05, 3.63) is 64.7 Å². The Morgan fingerprint density at radius 1 is 1.18 bits per heavy atom. The normalized spacial score (nSPS) is 16.8. The molecule has 9 heteroatoms. The van der Waals surface area contributed by atoms with E-state index in [-0.39, 0.29) is 31.4 Å². The van der Waals surface area contributed by atoms with Crippen LogP contribution in [0.3, 0.4) is 0 Å². The molecule has 1 aliphatic carbocycles. The number of aliphatic hydroxyl groups is 1. The Bertz CT molecular complexity index is 1270. The van der Waals surface area contributed by atoms with Crippen molar-refractivity contribution < 1.29 is 24.1 Å². The first-order valence-corrected chi connectivity index (χ1v) is 14.0. The first-order chi connectivity index (χ1) is 18.4. The molecule has 1 saturated carbocycles. The highest BCUT2D eigenvalue weighted by atomic mass is 32.1. The van der Waals surface area contributed by atoms with Crippen LogP contribution in [0.15, 0.2) is 48.7 Å². The Balaban J connectivity index is 1.38. The van der Waals surface area contributed by atoms with Gasteiger partial charge in [0, 0.05) is 22.7 Å². The molecule has 2 aliphatic rings. The summed E-state index contributed by atoms with van der Waals surface area (Å²) >= 11 is 1.43. The van der Waals surface area contributed by atoms with Crippen LogP contribution >= 0.6 is 11.3 Å². The fraction of sp³-hybridized carbons (Fsp3) is 0.448. The molecule has 8 nitrogen and oxygen atoms in total. The summed E-state index contributed by atoms with van der Waals surface area (Å²) in [5, 5.41) is 17.3. The molecular weight excluding hydrogens is 502 g/mol. The highest BCUT2D eigenvalue weighted by Gasteiger charge is 2.52. The van der Waals surface area contributed by atoms with Crippen molar-refractivity contribution in [3.8, 4) is 17.2 Å². The minimum atomic E-state index is -0.578. The maximum Gasteiger partial charge on any atom is 0.236 e. The molecule has 0 saturated heterocycles. The monoisotopic (exact) mass is 537 g/mol. The van der Waals surface area contributed by atoms with Gasteiger partial charge in [-0.2, -0.15) is 0 Å². The van der Waals surface area contributed by atoms with E-state index in [1.165, 1.54) is 11.3 Å². The van der Waals surface area contributed by atoms with Crippen LogP contribution in [0.5, 0.6) is 17.2 Å². The number of thiazole rings is 1. The number of anilines is 1. The van der Waals surface area contributed by atoms with E-state index in [0.29, 0.717) is 29.2 Å². The highest BCUT2D eigenvalue weighted by molar-refractivity contribution is 7.15. The number of carbonyl (C=O) groups excluding carboxylic acids is 1. The molecule has 1 unspecified atom stereocenters. The average molecular weight is 538 g/mol. The number of carbonyl (C=O) groups is 1. The first kappa shape index (κ1) is 26.5. The lowest BCUT2D eigenvalue weighted by Crippen LogP contribution is -2.37. The van der Waals surface area contributed by atoms with Crippen LogP contribution in [0, 0.1) is 5.92 Å². The van der Waals surface area contributed by atoms with Gasteiger partial charge in [-0.15, -0.1) is 0 Å². The van der Waals surface area contributed by atoms with Crippen molar-refractivity contribution in [2.75, 3.05) is 25.3 Å². The van der Waals surface area contributed by atoms with Gasteiger partial charge in [0.25, 0.3) is 0 Å². The zero-order valence-corrected chi connectivity index (χ0v) is 22.8. The van der Waals surface area contributed by atoms with Gasteiger partial charge in [-0.25, -0.2) is 4.98 Å². The maximum atomic E-state index is 13.4. The van der Waals surface area contributed by atoms with Crippen molar-refractivity contribution in [2.45, 2.75) is 57.5 Å². The molecule has 0 bridgehead atoms. The second-order valence-electron chi connectivity index (χ2n) is 10.3. The van der Waals surface area contributed by atoms with Crippen LogP contribution in [-0.4, -0.2) is 42.0 Å². The quantitative estimate of drug-likeness (QED) is 0.298. The van der Waals surface area contributed by atoms with E-state index in [1.807, 2.05) is 49.4 Å². The summed E-state index contributed by atoms with van der Waals surface area (Å²) in [4.78, 5) is 18.9. The lowest BCUT2D eigenvalue weighted by atomic mass is 9.94. The number of nitrogens with zero attached hydrogens (tertiary/aromatic N) is 1. The van der Waals surface area contributed by atoms with E-state index in [4.69, 9.17) is 14.2 Å². The van der Waals surface area contributed by atoms with Gasteiger partial charge < -0.3 is 30.0 Å². The third-order valence-corrected chi connectivity index (χ3v) is 8.02. The number of aromatic nitrogens is 1. The van der Waals surface area contributed by atoms with Crippen LogP contribution in [0.25, 0.3) is 0 Å². The molecule has 2 atom stereocenters. The Morgan fingerprint density at radius 3 is 2.71 bits per heavy atom. The molecule has 1 amide bonds. The number of rotatable bonds is 12. The van der Waals surface area contributed by atoms with Gasteiger partial charge in [-0.1, -0.05) is 49.4 Å². The van der Waals surface area contributed by atoms with E-state index < -0.39 is 5.41 Å². The number of benzene rings is 2. The van der Waals surface area contributed by atoms with Gasteiger partial charge in [0.1, 0.15) is 5.75 Å². The number of hydrogen-bond acceptors (Lipinski definition) is 8. The van der Waals surface area contributed by atoms with Gasteiger partial charge in [0.15, 0.2) is 16.6 Å². The molecule has 3 aromatic rings. The molecule has 3 N–H and O–H groups in total. The zero-order chi connectivity index (χ0) is 26.7. The molecule has 1 aliphatic heterocycles. The maximum absolute atomic E-state index is 13.4. The number of ether oxygens (including phenoxy) is 3. The standard InChI is InChI=1S/C29H35N3O5S/c1-4-35-22-8-6-5-7-21(22)26(31-20(16-33)13-18(2)3)25-15-30-28(38-25)32-27(34)29(11-12-29)19-9-10-23-24(14-19)37-17-36-23/h5-10,14-15,18,20,26,31,33H,4,11-13,16-17H2,1-3H3,(H,30,32,34)/t20-,26?/m1/s1. The summed E-state index contributed by atoms with van der Waals surface area (Å²) in [7, 11) is 0. The Hall–Kier alpha value is -3.14. The fourth-order valence-electron chi connectivity index (χ4n) is 4.99. The summed E-state index contributed by atoms with van der Waals surface area (Å²) in [5.41, 5.74) is 1.32. The van der Waals surface area contributed by atoms with Gasteiger partial charge >= 0.3 is 0 Å². The molecule has 38 heavy (non-hydrogen) atoms. The van der Waals surface area contributed by atoms with Crippen molar-refractivity contribution in [1.29, 1.82) is 0 Å². The van der Waals surface area contributed by atoms with E-state index >= 15 is 0 Å². The van der Waals surface area contributed by atoms with Crippen molar-refractivity contribution in [2.24, 2.45) is 5.92 Å². The van der Waals surface area contributed by atoms with Crippen molar-refractivity contribution in [1.82, 2.24) is 10.3 Å². The van der Waals surface area contributed by atoms with E-state index in [2.05, 4.69) is 29.5 Å². The number of amides is 1. The third kappa shape index (κ3) is 5.50. The first-order valence-electron chi connectivity index (χ1n) is 13.2. The molecule has 2 heterocycles. The SMILES string of the molecule is CCOc1ccccc1C(N[C@@H](CO)CC(C)C)c1cnc(NC(=O)C2(c3ccc4c(c3)OCO4)CC2)s1. The van der Waals surface area contributed by atoms with Gasteiger partial charge in [-0.05, 0) is 55.9 Å². The second kappa shape index (κ2) is 11.3. The molecular formula is C29H35N3O5S. The molecule has 1 fully saturated rings. The summed E-state index contributed by atoms with van der Waals surface area (Å²) in [6, 6.07) is 13.3. The Kier molecular flexibility index (Phi) is 7.88. The van der Waals surface area contributed by atoms with Crippen LogP contribution < -0.4 is 24.8 Å². The number of nitrogens with one attached hydrogen (secondary N) is 2. The molecule has 0 spiro atoms. The summed E-state index contributed by atoms with van der Waals surface area (Å²) in [6.45, 7) is 7.01. The third-order valence-electron chi connectivity index (χ3n) is 7.05. The van der Waals surface area contributed by atoms with Crippen LogP contribution in [0.2, 0.25) is 0 Å². The topological polar surface area (TPSA) is 102 Å². The van der Waals surface area contributed by atoms with Crippen LogP contribution in [0.4, 0.5) is 5.13 Å². The smallest absolute Gasteiger partial charge is 0.236 e. The predicted octanol–water partition coefficient (Wildman–Crippen LogP) is 5.03. The number of aliphatic hydroxyl groups excluding tert-OH is 1. The molecule has 1 aromatic heterocycles. The summed E-state index contributed by atoms with van der Waals surface area (Å²) in [5.74, 6) is 2.53. The lowest BCUT2D eigenvalue weighted by Gasteiger charge is -2.26. The Labute approximate surface area is 227 Å². The second-order valence-corrected chi connectivity index (χ2v) is 11.3. The van der Waals surface area contributed by atoms with Crippen molar-refractivity contribution >= 4 is 22.4 Å². The fourth-order valence-corrected chi connectivity index (χ4v) is 5.88. The summed E-state index contributed by atoms with van der Waals surface area (Å²) < 4.78 is 16.9. The molecule has 0 radical (unpaired) electrons. The van der Waals surface area contributed by atoms with Crippen LogP contribution in [0.1, 0.15) is 62.1 Å². The molecule has 2 aromatic carbocycles. The number of para-hydroxylation sites is 1. The van der Waals surface area contributed by atoms with E-state index in [9.17, 15) is 9.90 Å². The van der Waals surface area contributed by atoms with E-state index in [1.54, 1.807) is 6.20 Å². The van der Waals surface area contributed by atoms with Gasteiger partial charge in [0.05, 0.1) is 24.7 Å². The largest absolute Gasteiger partial charge is 0.494 e. The minimum absolute atomic E-state index is 0.0198. The predicted molar refractivity (Wildman–Crippen MR) is 147 cm³/mol. The minimum Gasteiger partial charge on any atom is -0.494 e. The zero-order valence-electron chi connectivity index (χ0n) is 22.0. The van der Waals surface area contributed by atoms with Gasteiger partial charge in [-0.3, -0.25) is 4.79 Å². The molecule has 5 rings (SSSR count). The van der Waals surface area contributed by atoms with Crippen LogP contribution in [-0.2, 0) is 10.2 Å². The average Bonchev–Trinajstić information content (AvgIpc) is 3.37. The van der Waals surface area contributed by atoms with Gasteiger partial charge in [0.2, 0.25) is 12.7 Å². The molecule has 202 valence electrons. The summed E-state index contributed by atoms with van der Waals surface area (Å²) in [6.07, 6.45) is 4.17. The lowest BCUT2D eigenvalue weighted by molar-refractivity contribution is -0.118. The number of hydrogen-bond donors (Lipinski definition) is 3. The number of fused-ring (bicyclic) bond motifs is 1. The van der Waals surface area contributed by atoms with E-state index in [0.717, 1.165) is 41.0 Å². The Morgan fingerprint density at radius 2 is 1.97 bits per heavy atom.